The quantitative estimate of drug-likeness (QED) is 0.923. The number of fused-ring (bicyclic) bond motifs is 1. The Balaban J connectivity index is 2.28. The zero-order valence-corrected chi connectivity index (χ0v) is 14.6. The summed E-state index contributed by atoms with van der Waals surface area (Å²) >= 11 is 0. The molecule has 0 aliphatic carbocycles. The Kier molecular flexibility index (Phi) is 4.52. The van der Waals surface area contributed by atoms with Gasteiger partial charge in [-0.15, -0.1) is 0 Å². The highest BCUT2D eigenvalue weighted by Gasteiger charge is 2.32. The Hall–Kier alpha value is -1.56. The molecule has 22 heavy (non-hydrogen) atoms. The topological polar surface area (TPSA) is 66.5 Å². The van der Waals surface area contributed by atoms with Crippen molar-refractivity contribution in [3.63, 3.8) is 0 Å². The van der Waals surface area contributed by atoms with Gasteiger partial charge in [0.2, 0.25) is 10.0 Å². The molecule has 122 valence electrons. The van der Waals surface area contributed by atoms with Gasteiger partial charge in [0.25, 0.3) is 5.91 Å². The van der Waals surface area contributed by atoms with E-state index >= 15 is 0 Å². The van der Waals surface area contributed by atoms with Crippen molar-refractivity contribution in [1.82, 2.24) is 5.32 Å². The molecule has 0 saturated heterocycles. The summed E-state index contributed by atoms with van der Waals surface area (Å²) in [5.74, 6) is 0.244. The first-order valence-electron chi connectivity index (χ1n) is 7.54. The maximum absolute atomic E-state index is 12.3. The molecule has 0 radical (unpaired) electrons. The molecule has 0 saturated carbocycles. The van der Waals surface area contributed by atoms with Crippen molar-refractivity contribution in [2.75, 3.05) is 10.6 Å². The summed E-state index contributed by atoms with van der Waals surface area (Å²) < 4.78 is 25.2. The van der Waals surface area contributed by atoms with Gasteiger partial charge < -0.3 is 5.32 Å². The standard InChI is InChI=1S/C16H24N2O3S/c1-10(2)12(4)17-16(19)13-6-7-15-14(9-13)8-11(3)18(15)22(5,20)21/h6-7,9-12H,8H2,1-5H3,(H,17,19)/t11-,12+/m1/s1. The molecule has 1 aromatic rings. The fourth-order valence-corrected chi connectivity index (χ4v) is 3.97. The van der Waals surface area contributed by atoms with Crippen molar-refractivity contribution in [2.45, 2.75) is 46.2 Å². The van der Waals surface area contributed by atoms with Crippen molar-refractivity contribution >= 4 is 21.6 Å². The second-order valence-electron chi connectivity index (χ2n) is 6.46. The zero-order chi connectivity index (χ0) is 16.7. The van der Waals surface area contributed by atoms with Gasteiger partial charge in [0.05, 0.1) is 11.9 Å². The van der Waals surface area contributed by atoms with Gasteiger partial charge in [-0.2, -0.15) is 0 Å². The predicted molar refractivity (Wildman–Crippen MR) is 88.7 cm³/mol. The van der Waals surface area contributed by atoms with E-state index in [1.54, 1.807) is 18.2 Å². The first kappa shape index (κ1) is 16.8. The molecule has 0 spiro atoms. The molecule has 1 aliphatic heterocycles. The normalized spacial score (nSPS) is 19.2. The number of sulfonamides is 1. The molecule has 1 aromatic carbocycles. The van der Waals surface area contributed by atoms with E-state index < -0.39 is 10.0 Å². The molecule has 1 heterocycles. The first-order chi connectivity index (χ1) is 10.1. The van der Waals surface area contributed by atoms with Crippen LogP contribution in [-0.4, -0.2) is 32.7 Å². The van der Waals surface area contributed by atoms with Crippen LogP contribution in [0.4, 0.5) is 5.69 Å². The highest BCUT2D eigenvalue weighted by atomic mass is 32.2. The third kappa shape index (κ3) is 3.27. The molecule has 0 fully saturated rings. The molecule has 2 atom stereocenters. The van der Waals surface area contributed by atoms with E-state index in [1.807, 2.05) is 13.8 Å². The molecule has 1 amide bonds. The van der Waals surface area contributed by atoms with Crippen LogP contribution < -0.4 is 9.62 Å². The number of hydrogen-bond acceptors (Lipinski definition) is 3. The van der Waals surface area contributed by atoms with Crippen molar-refractivity contribution in [3.05, 3.63) is 29.3 Å². The third-order valence-electron chi connectivity index (χ3n) is 4.21. The van der Waals surface area contributed by atoms with E-state index in [4.69, 9.17) is 0 Å². The van der Waals surface area contributed by atoms with Gasteiger partial charge in [-0.3, -0.25) is 9.10 Å². The number of nitrogens with zero attached hydrogens (tertiary/aromatic N) is 1. The largest absolute Gasteiger partial charge is 0.349 e. The summed E-state index contributed by atoms with van der Waals surface area (Å²) in [7, 11) is -3.30. The van der Waals surface area contributed by atoms with Crippen LogP contribution in [0.1, 0.15) is 43.6 Å². The number of anilines is 1. The van der Waals surface area contributed by atoms with E-state index in [2.05, 4.69) is 19.2 Å². The smallest absolute Gasteiger partial charge is 0.251 e. The summed E-state index contributed by atoms with van der Waals surface area (Å²) in [6.07, 6.45) is 1.84. The van der Waals surface area contributed by atoms with Gasteiger partial charge in [-0.25, -0.2) is 8.42 Å². The van der Waals surface area contributed by atoms with Crippen LogP contribution in [0, 0.1) is 5.92 Å². The number of hydrogen-bond donors (Lipinski definition) is 1. The lowest BCUT2D eigenvalue weighted by Gasteiger charge is -2.22. The molecule has 6 heteroatoms. The average molecular weight is 324 g/mol. The number of rotatable bonds is 4. The van der Waals surface area contributed by atoms with E-state index in [0.717, 1.165) is 5.56 Å². The second kappa shape index (κ2) is 5.91. The van der Waals surface area contributed by atoms with Crippen LogP contribution in [0.2, 0.25) is 0 Å². The van der Waals surface area contributed by atoms with Gasteiger partial charge >= 0.3 is 0 Å². The van der Waals surface area contributed by atoms with E-state index in [0.29, 0.717) is 23.6 Å². The molecule has 1 aliphatic rings. The van der Waals surface area contributed by atoms with Gasteiger partial charge in [0.15, 0.2) is 0 Å². The Bertz CT molecular complexity index is 683. The van der Waals surface area contributed by atoms with Crippen molar-refractivity contribution in [1.29, 1.82) is 0 Å². The monoisotopic (exact) mass is 324 g/mol. The number of benzene rings is 1. The van der Waals surface area contributed by atoms with Gasteiger partial charge in [0, 0.05) is 17.6 Å². The number of nitrogens with one attached hydrogen (secondary N) is 1. The van der Waals surface area contributed by atoms with Crippen molar-refractivity contribution < 1.29 is 13.2 Å². The van der Waals surface area contributed by atoms with Crippen LogP contribution >= 0.6 is 0 Å². The zero-order valence-electron chi connectivity index (χ0n) is 13.8. The minimum Gasteiger partial charge on any atom is -0.349 e. The first-order valence-corrected chi connectivity index (χ1v) is 9.39. The highest BCUT2D eigenvalue weighted by Crippen LogP contribution is 2.34. The van der Waals surface area contributed by atoms with E-state index in [9.17, 15) is 13.2 Å². The van der Waals surface area contributed by atoms with Gasteiger partial charge in [-0.1, -0.05) is 13.8 Å². The molecule has 0 aromatic heterocycles. The Morgan fingerprint density at radius 2 is 1.95 bits per heavy atom. The molecule has 0 unspecified atom stereocenters. The lowest BCUT2D eigenvalue weighted by Crippen LogP contribution is -2.36. The molecule has 2 rings (SSSR count). The fourth-order valence-electron chi connectivity index (χ4n) is 2.71. The van der Waals surface area contributed by atoms with Crippen LogP contribution in [0.15, 0.2) is 18.2 Å². The minimum absolute atomic E-state index is 0.0900. The molecular weight excluding hydrogens is 300 g/mol. The summed E-state index contributed by atoms with van der Waals surface area (Å²) in [6.45, 7) is 7.96. The fraction of sp³-hybridized carbons (Fsp3) is 0.562. The van der Waals surface area contributed by atoms with Crippen LogP contribution in [0.25, 0.3) is 0 Å². The number of carbonyl (C=O) groups excluding carboxylic acids is 1. The molecule has 0 bridgehead atoms. The van der Waals surface area contributed by atoms with Gasteiger partial charge in [0.1, 0.15) is 0 Å². The summed E-state index contributed by atoms with van der Waals surface area (Å²) in [4.78, 5) is 12.3. The van der Waals surface area contributed by atoms with Gasteiger partial charge in [-0.05, 0) is 49.9 Å². The molecule has 5 nitrogen and oxygen atoms in total. The summed E-state index contributed by atoms with van der Waals surface area (Å²) in [5.41, 5.74) is 2.17. The minimum atomic E-state index is -3.30. The van der Waals surface area contributed by atoms with Crippen molar-refractivity contribution in [3.8, 4) is 0 Å². The van der Waals surface area contributed by atoms with E-state index in [-0.39, 0.29) is 18.0 Å². The number of amides is 1. The Morgan fingerprint density at radius 1 is 1.32 bits per heavy atom. The maximum Gasteiger partial charge on any atom is 0.251 e. The Labute approximate surface area is 132 Å². The maximum atomic E-state index is 12.3. The summed E-state index contributed by atoms with van der Waals surface area (Å²) in [6, 6.07) is 5.20. The van der Waals surface area contributed by atoms with Crippen molar-refractivity contribution in [2.24, 2.45) is 5.92 Å². The summed E-state index contributed by atoms with van der Waals surface area (Å²) in [5, 5.41) is 2.97. The predicted octanol–water partition coefficient (Wildman–Crippen LogP) is 2.17. The van der Waals surface area contributed by atoms with Crippen LogP contribution in [0.3, 0.4) is 0 Å². The van der Waals surface area contributed by atoms with Crippen LogP contribution in [0.5, 0.6) is 0 Å². The van der Waals surface area contributed by atoms with Crippen LogP contribution in [-0.2, 0) is 16.4 Å². The highest BCUT2D eigenvalue weighted by molar-refractivity contribution is 7.92. The average Bonchev–Trinajstić information content (AvgIpc) is 2.72. The lowest BCUT2D eigenvalue weighted by atomic mass is 10.0. The SMILES string of the molecule is CC(C)[C@H](C)NC(=O)c1ccc2c(c1)C[C@@H](C)N2S(C)(=O)=O. The molecule has 1 N–H and O–H groups in total. The lowest BCUT2D eigenvalue weighted by molar-refractivity contribution is 0.0930. The van der Waals surface area contributed by atoms with E-state index in [1.165, 1.54) is 10.6 Å². The number of carbonyl (C=O) groups is 1. The molecular formula is C16H24N2O3S. The third-order valence-corrected chi connectivity index (χ3v) is 5.48. The Morgan fingerprint density at radius 3 is 2.50 bits per heavy atom. The second-order valence-corrected chi connectivity index (χ2v) is 8.32.